The van der Waals surface area contributed by atoms with Crippen LogP contribution >= 0.6 is 22.3 Å². The number of rotatable bonds is 6. The van der Waals surface area contributed by atoms with E-state index in [4.69, 9.17) is 22.3 Å². The highest BCUT2D eigenvalue weighted by Gasteiger charge is 2.19. The summed E-state index contributed by atoms with van der Waals surface area (Å²) in [6.45, 7) is 6.06. The van der Waals surface area contributed by atoms with Gasteiger partial charge < -0.3 is 5.32 Å². The Morgan fingerprint density at radius 2 is 1.81 bits per heavy atom. The second kappa shape index (κ2) is 7.47. The first-order valence-corrected chi connectivity index (χ1v) is 9.43. The van der Waals surface area contributed by atoms with Gasteiger partial charge >= 0.3 is 0 Å². The highest BCUT2D eigenvalue weighted by molar-refractivity contribution is 8.13. The van der Waals surface area contributed by atoms with Gasteiger partial charge in [-0.25, -0.2) is 8.42 Å². The van der Waals surface area contributed by atoms with Gasteiger partial charge in [0.2, 0.25) is 0 Å². The Morgan fingerprint density at radius 1 is 1.24 bits per heavy atom. The quantitative estimate of drug-likeness (QED) is 0.792. The minimum absolute atomic E-state index is 0.0115. The van der Waals surface area contributed by atoms with Crippen molar-refractivity contribution >= 4 is 37.2 Å². The molecule has 0 aliphatic rings. The van der Waals surface area contributed by atoms with Gasteiger partial charge in [0, 0.05) is 27.3 Å². The van der Waals surface area contributed by atoms with E-state index in [1.807, 2.05) is 6.92 Å². The SMILES string of the molecule is CCC(CC)C(C)NC(=O)c1cc(Cl)cc(S(=O)(=O)Cl)c1. The molecule has 1 amide bonds. The van der Waals surface area contributed by atoms with E-state index in [1.54, 1.807) is 0 Å². The fourth-order valence-electron chi connectivity index (χ4n) is 2.24. The average Bonchev–Trinajstić information content (AvgIpc) is 2.38. The Balaban J connectivity index is 3.01. The van der Waals surface area contributed by atoms with Crippen molar-refractivity contribution in [3.8, 4) is 0 Å². The van der Waals surface area contributed by atoms with Crippen molar-refractivity contribution in [3.05, 3.63) is 28.8 Å². The van der Waals surface area contributed by atoms with Crippen molar-refractivity contribution in [1.82, 2.24) is 5.32 Å². The Kier molecular flexibility index (Phi) is 6.50. The van der Waals surface area contributed by atoms with Crippen LogP contribution in [0.2, 0.25) is 5.02 Å². The zero-order valence-electron chi connectivity index (χ0n) is 12.2. The number of carbonyl (C=O) groups is 1. The minimum atomic E-state index is -3.93. The van der Waals surface area contributed by atoms with Crippen LogP contribution in [0.3, 0.4) is 0 Å². The van der Waals surface area contributed by atoms with E-state index in [0.29, 0.717) is 5.92 Å². The number of hydrogen-bond acceptors (Lipinski definition) is 3. The molecule has 0 spiro atoms. The van der Waals surface area contributed by atoms with Crippen molar-refractivity contribution < 1.29 is 13.2 Å². The lowest BCUT2D eigenvalue weighted by Crippen LogP contribution is -2.37. The number of halogens is 2. The van der Waals surface area contributed by atoms with Crippen molar-refractivity contribution in [2.24, 2.45) is 5.92 Å². The Morgan fingerprint density at radius 3 is 2.29 bits per heavy atom. The highest BCUT2D eigenvalue weighted by atomic mass is 35.7. The molecule has 0 bridgehead atoms. The van der Waals surface area contributed by atoms with E-state index in [1.165, 1.54) is 18.2 Å². The van der Waals surface area contributed by atoms with Gasteiger partial charge in [-0.1, -0.05) is 38.3 Å². The summed E-state index contributed by atoms with van der Waals surface area (Å²) in [5, 5.41) is 3.02. The van der Waals surface area contributed by atoms with E-state index in [0.717, 1.165) is 12.8 Å². The molecule has 0 heterocycles. The number of benzene rings is 1. The first kappa shape index (κ1) is 18.3. The molecule has 4 nitrogen and oxygen atoms in total. The van der Waals surface area contributed by atoms with Gasteiger partial charge in [-0.05, 0) is 31.0 Å². The zero-order chi connectivity index (χ0) is 16.2. The van der Waals surface area contributed by atoms with Gasteiger partial charge in [-0.3, -0.25) is 4.79 Å². The van der Waals surface area contributed by atoms with E-state index in [2.05, 4.69) is 19.2 Å². The van der Waals surface area contributed by atoms with E-state index >= 15 is 0 Å². The van der Waals surface area contributed by atoms with Crippen molar-refractivity contribution in [3.63, 3.8) is 0 Å². The lowest BCUT2D eigenvalue weighted by atomic mass is 9.95. The fourth-order valence-corrected chi connectivity index (χ4v) is 3.34. The van der Waals surface area contributed by atoms with Crippen LogP contribution in [0.25, 0.3) is 0 Å². The monoisotopic (exact) mass is 351 g/mol. The topological polar surface area (TPSA) is 63.2 Å². The summed E-state index contributed by atoms with van der Waals surface area (Å²) in [5.41, 5.74) is 0.180. The Hall–Kier alpha value is -0.780. The highest BCUT2D eigenvalue weighted by Crippen LogP contribution is 2.22. The van der Waals surface area contributed by atoms with E-state index < -0.39 is 9.05 Å². The zero-order valence-corrected chi connectivity index (χ0v) is 14.5. The number of hydrogen-bond donors (Lipinski definition) is 1. The van der Waals surface area contributed by atoms with Crippen LogP contribution in [0.5, 0.6) is 0 Å². The molecular weight excluding hydrogens is 333 g/mol. The van der Waals surface area contributed by atoms with Crippen LogP contribution in [0.4, 0.5) is 0 Å². The molecule has 118 valence electrons. The van der Waals surface area contributed by atoms with E-state index in [9.17, 15) is 13.2 Å². The molecule has 7 heteroatoms. The first-order valence-electron chi connectivity index (χ1n) is 6.75. The van der Waals surface area contributed by atoms with Crippen molar-refractivity contribution in [2.75, 3.05) is 0 Å². The summed E-state index contributed by atoms with van der Waals surface area (Å²) < 4.78 is 22.7. The molecule has 1 unspecified atom stereocenters. The molecular formula is C14H19Cl2NO3S. The number of carbonyl (C=O) groups excluding carboxylic acids is 1. The lowest BCUT2D eigenvalue weighted by molar-refractivity contribution is 0.0925. The normalized spacial score (nSPS) is 13.2. The molecule has 0 saturated carbocycles. The lowest BCUT2D eigenvalue weighted by Gasteiger charge is -2.22. The van der Waals surface area contributed by atoms with Crippen LogP contribution in [0, 0.1) is 5.92 Å². The first-order chi connectivity index (χ1) is 9.68. The van der Waals surface area contributed by atoms with Crippen molar-refractivity contribution in [2.45, 2.75) is 44.6 Å². The molecule has 0 saturated heterocycles. The van der Waals surface area contributed by atoms with Crippen LogP contribution in [-0.2, 0) is 9.05 Å². The molecule has 1 N–H and O–H groups in total. The third-order valence-corrected chi connectivity index (χ3v) is 5.08. The van der Waals surface area contributed by atoms with Crippen molar-refractivity contribution in [1.29, 1.82) is 0 Å². The Bertz CT molecular complexity index is 613. The predicted molar refractivity (Wildman–Crippen MR) is 85.5 cm³/mol. The molecule has 1 atom stereocenters. The van der Waals surface area contributed by atoms with Gasteiger partial charge in [0.1, 0.15) is 0 Å². The second-order valence-electron chi connectivity index (χ2n) is 4.95. The van der Waals surface area contributed by atoms with Gasteiger partial charge in [0.25, 0.3) is 15.0 Å². The molecule has 1 rings (SSSR count). The summed E-state index contributed by atoms with van der Waals surface area (Å²) in [6.07, 6.45) is 1.91. The largest absolute Gasteiger partial charge is 0.349 e. The molecule has 0 aliphatic heterocycles. The molecule has 0 aliphatic carbocycles. The summed E-state index contributed by atoms with van der Waals surface area (Å²) in [6, 6.07) is 3.85. The maximum Gasteiger partial charge on any atom is 0.261 e. The molecule has 21 heavy (non-hydrogen) atoms. The molecule has 0 fully saturated rings. The summed E-state index contributed by atoms with van der Waals surface area (Å²) in [7, 11) is 1.36. The smallest absolute Gasteiger partial charge is 0.261 e. The van der Waals surface area contributed by atoms with Gasteiger partial charge in [-0.2, -0.15) is 0 Å². The van der Waals surface area contributed by atoms with Gasteiger partial charge in [0.05, 0.1) is 4.90 Å². The maximum atomic E-state index is 12.2. The summed E-state index contributed by atoms with van der Waals surface area (Å²) in [4.78, 5) is 12.0. The van der Waals surface area contributed by atoms with Crippen LogP contribution in [0.15, 0.2) is 23.1 Å². The molecule has 1 aromatic carbocycles. The van der Waals surface area contributed by atoms with E-state index in [-0.39, 0.29) is 27.4 Å². The Labute approximate surface area is 135 Å². The number of nitrogens with one attached hydrogen (secondary N) is 1. The minimum Gasteiger partial charge on any atom is -0.349 e. The third-order valence-electron chi connectivity index (χ3n) is 3.53. The molecule has 1 aromatic rings. The maximum absolute atomic E-state index is 12.2. The van der Waals surface area contributed by atoms with Crippen LogP contribution < -0.4 is 5.32 Å². The summed E-state index contributed by atoms with van der Waals surface area (Å²) in [5.74, 6) is 0.00262. The molecule has 0 radical (unpaired) electrons. The van der Waals surface area contributed by atoms with Gasteiger partial charge in [0.15, 0.2) is 0 Å². The molecule has 0 aromatic heterocycles. The predicted octanol–water partition coefficient (Wildman–Crippen LogP) is 3.82. The van der Waals surface area contributed by atoms with Gasteiger partial charge in [-0.15, -0.1) is 0 Å². The third kappa shape index (κ3) is 5.16. The standard InChI is InChI=1S/C14H19Cl2NO3S/c1-4-10(5-2)9(3)17-14(18)11-6-12(15)8-13(7-11)21(16,19)20/h6-10H,4-5H2,1-3H3,(H,17,18). The number of amides is 1. The summed E-state index contributed by atoms with van der Waals surface area (Å²) >= 11 is 5.85. The van der Waals surface area contributed by atoms with Crippen LogP contribution in [-0.4, -0.2) is 20.4 Å². The van der Waals surface area contributed by atoms with Crippen LogP contribution in [0.1, 0.15) is 44.0 Å². The average molecular weight is 352 g/mol. The second-order valence-corrected chi connectivity index (χ2v) is 7.95. The fraction of sp³-hybridized carbons (Fsp3) is 0.500.